The van der Waals surface area contributed by atoms with Crippen molar-refractivity contribution in [3.05, 3.63) is 0 Å². The second-order valence-electron chi connectivity index (χ2n) is 1.93. The molecule has 0 aromatic heterocycles. The lowest BCUT2D eigenvalue weighted by atomic mass is 10.3. The van der Waals surface area contributed by atoms with E-state index < -0.39 is 11.9 Å². The van der Waals surface area contributed by atoms with Crippen LogP contribution in [-0.2, 0) is 14.3 Å². The second-order valence-corrected chi connectivity index (χ2v) is 1.93. The fraction of sp³-hybridized carbons (Fsp3) is 0.667. The normalized spacial score (nSPS) is 12.2. The summed E-state index contributed by atoms with van der Waals surface area (Å²) < 4.78 is 4.48. The number of aldehydes is 1. The van der Waals surface area contributed by atoms with Gasteiger partial charge in [-0.3, -0.25) is 4.79 Å². The van der Waals surface area contributed by atoms with E-state index in [4.69, 9.17) is 5.11 Å². The van der Waals surface area contributed by atoms with Crippen molar-refractivity contribution in [2.75, 3.05) is 20.3 Å². The van der Waals surface area contributed by atoms with Crippen LogP contribution in [0.25, 0.3) is 0 Å². The van der Waals surface area contributed by atoms with Crippen molar-refractivity contribution in [3.63, 3.8) is 0 Å². The molecule has 0 saturated heterocycles. The van der Waals surface area contributed by atoms with Gasteiger partial charge >= 0.3 is 0 Å². The quantitative estimate of drug-likeness (QED) is 0.472. The lowest BCUT2D eigenvalue weighted by molar-refractivity contribution is -0.127. The number of carbonyl (C=O) groups is 2. The number of hydrogen-bond donors (Lipinski definition) is 2. The number of carbonyl (C=O) groups excluding carboxylic acids is 2. The van der Waals surface area contributed by atoms with Crippen LogP contribution >= 0.6 is 0 Å². The minimum Gasteiger partial charge on any atom is -0.394 e. The molecular formula is C6H11NO4. The number of methoxy groups -OCH3 is 1. The van der Waals surface area contributed by atoms with Gasteiger partial charge in [-0.1, -0.05) is 0 Å². The molecule has 0 aliphatic rings. The van der Waals surface area contributed by atoms with Crippen LogP contribution in [0.1, 0.15) is 0 Å². The number of ether oxygens (including phenoxy) is 1. The molecule has 0 saturated carbocycles. The molecular weight excluding hydrogens is 150 g/mol. The zero-order valence-corrected chi connectivity index (χ0v) is 6.24. The van der Waals surface area contributed by atoms with Crippen LogP contribution in [0.2, 0.25) is 0 Å². The molecule has 0 aliphatic carbocycles. The molecule has 1 atom stereocenters. The van der Waals surface area contributed by atoms with Crippen molar-refractivity contribution in [2.45, 2.75) is 6.04 Å². The number of aliphatic hydroxyl groups is 1. The molecule has 0 aromatic rings. The van der Waals surface area contributed by atoms with Crippen LogP contribution in [0.4, 0.5) is 0 Å². The maximum atomic E-state index is 10.7. The highest BCUT2D eigenvalue weighted by atomic mass is 16.5. The third-order valence-corrected chi connectivity index (χ3v) is 0.983. The van der Waals surface area contributed by atoms with Crippen molar-refractivity contribution in [3.8, 4) is 0 Å². The Hall–Kier alpha value is -0.940. The molecule has 0 fully saturated rings. The molecule has 64 valence electrons. The molecule has 5 heteroatoms. The van der Waals surface area contributed by atoms with E-state index in [1.54, 1.807) is 0 Å². The van der Waals surface area contributed by atoms with E-state index in [1.807, 2.05) is 0 Å². The maximum absolute atomic E-state index is 10.7. The first-order chi connectivity index (χ1) is 5.24. The van der Waals surface area contributed by atoms with Gasteiger partial charge in [0.15, 0.2) is 0 Å². The number of aliphatic hydroxyl groups excluding tert-OH is 1. The van der Waals surface area contributed by atoms with Gasteiger partial charge in [0.1, 0.15) is 18.9 Å². The molecule has 0 aliphatic heterocycles. The molecule has 1 amide bonds. The average molecular weight is 161 g/mol. The van der Waals surface area contributed by atoms with Crippen LogP contribution in [-0.4, -0.2) is 43.7 Å². The zero-order chi connectivity index (χ0) is 8.69. The number of rotatable bonds is 5. The molecule has 0 unspecified atom stereocenters. The number of hydrogen-bond acceptors (Lipinski definition) is 4. The molecule has 2 N–H and O–H groups in total. The van der Waals surface area contributed by atoms with E-state index >= 15 is 0 Å². The molecule has 0 radical (unpaired) electrons. The molecule has 5 nitrogen and oxygen atoms in total. The Labute approximate surface area is 64.3 Å². The molecule has 0 heterocycles. The van der Waals surface area contributed by atoms with Crippen LogP contribution in [0, 0.1) is 0 Å². The van der Waals surface area contributed by atoms with Gasteiger partial charge in [0.25, 0.3) is 0 Å². The monoisotopic (exact) mass is 161 g/mol. The summed E-state index contributed by atoms with van der Waals surface area (Å²) in [6.07, 6.45) is 0.466. The Morgan fingerprint density at radius 3 is 2.82 bits per heavy atom. The van der Waals surface area contributed by atoms with Crippen LogP contribution in [0.5, 0.6) is 0 Å². The molecule has 0 spiro atoms. The van der Waals surface area contributed by atoms with E-state index in [1.165, 1.54) is 7.11 Å². The van der Waals surface area contributed by atoms with Gasteiger partial charge in [-0.2, -0.15) is 0 Å². The predicted octanol–water partition coefficient (Wildman–Crippen LogP) is -1.69. The van der Waals surface area contributed by atoms with Crippen molar-refractivity contribution < 1.29 is 19.4 Å². The van der Waals surface area contributed by atoms with Crippen LogP contribution in [0.15, 0.2) is 0 Å². The summed E-state index contributed by atoms with van der Waals surface area (Å²) in [6, 6.07) is -0.822. The highest BCUT2D eigenvalue weighted by molar-refractivity contribution is 5.80. The first-order valence-electron chi connectivity index (χ1n) is 3.09. The van der Waals surface area contributed by atoms with Gasteiger partial charge in [-0.15, -0.1) is 0 Å². The SMILES string of the molecule is COCC(=O)N[C@H](C=O)CO. The highest BCUT2D eigenvalue weighted by Gasteiger charge is 2.08. The molecule has 11 heavy (non-hydrogen) atoms. The summed E-state index contributed by atoms with van der Waals surface area (Å²) in [5.74, 6) is -0.418. The summed E-state index contributed by atoms with van der Waals surface area (Å²) >= 11 is 0. The van der Waals surface area contributed by atoms with Gasteiger partial charge in [-0.05, 0) is 0 Å². The summed E-state index contributed by atoms with van der Waals surface area (Å²) in [5, 5.41) is 10.7. The van der Waals surface area contributed by atoms with Crippen molar-refractivity contribution >= 4 is 12.2 Å². The molecule has 0 rings (SSSR count). The molecule has 0 aromatic carbocycles. The Morgan fingerprint density at radius 2 is 2.45 bits per heavy atom. The third kappa shape index (κ3) is 4.46. The minimum absolute atomic E-state index is 0.107. The smallest absolute Gasteiger partial charge is 0.246 e. The Morgan fingerprint density at radius 1 is 1.82 bits per heavy atom. The fourth-order valence-electron chi connectivity index (χ4n) is 0.502. The van der Waals surface area contributed by atoms with E-state index in [0.29, 0.717) is 6.29 Å². The lowest BCUT2D eigenvalue weighted by Gasteiger charge is -2.07. The summed E-state index contributed by atoms with van der Waals surface area (Å²) in [6.45, 7) is -0.497. The minimum atomic E-state index is -0.822. The number of amides is 1. The lowest BCUT2D eigenvalue weighted by Crippen LogP contribution is -2.40. The topological polar surface area (TPSA) is 75.6 Å². The van der Waals surface area contributed by atoms with Crippen LogP contribution in [0.3, 0.4) is 0 Å². The van der Waals surface area contributed by atoms with E-state index in [0.717, 1.165) is 0 Å². The Balaban J connectivity index is 3.62. The van der Waals surface area contributed by atoms with E-state index in [9.17, 15) is 9.59 Å². The predicted molar refractivity (Wildman–Crippen MR) is 37.0 cm³/mol. The highest BCUT2D eigenvalue weighted by Crippen LogP contribution is 1.76. The first kappa shape index (κ1) is 10.1. The largest absolute Gasteiger partial charge is 0.394 e. The maximum Gasteiger partial charge on any atom is 0.246 e. The average Bonchev–Trinajstić information content (AvgIpc) is 2.01. The zero-order valence-electron chi connectivity index (χ0n) is 6.24. The van der Waals surface area contributed by atoms with Gasteiger partial charge in [0.2, 0.25) is 5.91 Å². The van der Waals surface area contributed by atoms with Crippen LogP contribution < -0.4 is 5.32 Å². The van der Waals surface area contributed by atoms with Crippen molar-refractivity contribution in [1.29, 1.82) is 0 Å². The van der Waals surface area contributed by atoms with E-state index in [-0.39, 0.29) is 13.2 Å². The van der Waals surface area contributed by atoms with Crippen molar-refractivity contribution in [2.24, 2.45) is 0 Å². The summed E-state index contributed by atoms with van der Waals surface area (Å²) in [7, 11) is 1.37. The Kier molecular flexibility index (Phi) is 5.32. The Bertz CT molecular complexity index is 137. The van der Waals surface area contributed by atoms with Gasteiger partial charge in [-0.25, -0.2) is 0 Å². The number of nitrogens with one attached hydrogen (secondary N) is 1. The molecule has 0 bridgehead atoms. The third-order valence-electron chi connectivity index (χ3n) is 0.983. The second kappa shape index (κ2) is 5.82. The standard InChI is InChI=1S/C6H11NO4/c1-11-4-6(10)7-5(2-8)3-9/h2,5,9H,3-4H2,1H3,(H,7,10)/t5-/m1/s1. The van der Waals surface area contributed by atoms with Crippen molar-refractivity contribution in [1.82, 2.24) is 5.32 Å². The van der Waals surface area contributed by atoms with Gasteiger partial charge in [0.05, 0.1) is 6.61 Å². The van der Waals surface area contributed by atoms with Gasteiger partial charge < -0.3 is 20.0 Å². The van der Waals surface area contributed by atoms with Gasteiger partial charge in [0, 0.05) is 7.11 Å². The summed E-state index contributed by atoms with van der Waals surface area (Å²) in [4.78, 5) is 20.7. The van der Waals surface area contributed by atoms with E-state index in [2.05, 4.69) is 10.1 Å². The fourth-order valence-corrected chi connectivity index (χ4v) is 0.502. The summed E-state index contributed by atoms with van der Waals surface area (Å²) in [5.41, 5.74) is 0. The first-order valence-corrected chi connectivity index (χ1v) is 3.09.